The summed E-state index contributed by atoms with van der Waals surface area (Å²) in [5.41, 5.74) is 2.01. The fraction of sp³-hybridized carbons (Fsp3) is 0.320. The van der Waals surface area contributed by atoms with Crippen molar-refractivity contribution in [2.45, 2.75) is 32.4 Å². The number of nitrogens with one attached hydrogen (secondary N) is 1. The van der Waals surface area contributed by atoms with Gasteiger partial charge in [-0.2, -0.15) is 9.49 Å². The third kappa shape index (κ3) is 3.20. The van der Waals surface area contributed by atoms with Gasteiger partial charge in [0.2, 0.25) is 5.82 Å². The summed E-state index contributed by atoms with van der Waals surface area (Å²) >= 11 is 0. The average molecular weight is 478 g/mol. The first-order chi connectivity index (χ1) is 16.9. The van der Waals surface area contributed by atoms with Crippen LogP contribution in [0.25, 0.3) is 16.5 Å². The quantitative estimate of drug-likeness (QED) is 0.481. The Labute approximate surface area is 199 Å². The lowest BCUT2D eigenvalue weighted by atomic mass is 10.1. The van der Waals surface area contributed by atoms with Gasteiger partial charge >= 0.3 is 0 Å². The number of hydrogen-bond acceptors (Lipinski definition) is 6. The van der Waals surface area contributed by atoms with Gasteiger partial charge in [-0.05, 0) is 38.0 Å². The number of rotatable bonds is 4. The van der Waals surface area contributed by atoms with E-state index in [2.05, 4.69) is 10.4 Å². The Balaban J connectivity index is 1.38. The normalized spacial score (nSPS) is 19.1. The molecule has 0 unspecified atom stereocenters. The third-order valence-electron chi connectivity index (χ3n) is 6.89. The van der Waals surface area contributed by atoms with E-state index in [0.717, 1.165) is 6.42 Å². The number of nitrogens with zero attached hydrogens (tertiary/aromatic N) is 3. The summed E-state index contributed by atoms with van der Waals surface area (Å²) in [5, 5.41) is 7.23. The molecule has 180 valence electrons. The molecule has 2 saturated heterocycles. The molecule has 2 aliphatic rings. The Hall–Kier alpha value is -3.92. The lowest BCUT2D eigenvalue weighted by Crippen LogP contribution is -2.41. The van der Waals surface area contributed by atoms with Crippen LogP contribution in [0.4, 0.5) is 4.39 Å². The van der Waals surface area contributed by atoms with Gasteiger partial charge in [-0.3, -0.25) is 9.59 Å². The second-order valence-corrected chi connectivity index (χ2v) is 8.93. The number of likely N-dealkylation sites (tertiary alicyclic amines) is 1. The van der Waals surface area contributed by atoms with E-state index in [-0.39, 0.29) is 40.9 Å². The van der Waals surface area contributed by atoms with Crippen LogP contribution < -0.4 is 10.1 Å². The van der Waals surface area contributed by atoms with E-state index < -0.39 is 5.82 Å². The standard InChI is InChI=1S/C25H23FN4O5/c1-12-17(25(32)29-9-15-8-14(29)11-33-15)10-30-22(12)19(6-7-28-30)35-18-5-4-16-20(24(31)27-3)13(2)34-23(16)21(18)26/h4-7,10,14-15H,8-9,11H2,1-3H3,(H,27,31)/t14-,15-/m1/s1. The lowest BCUT2D eigenvalue weighted by Gasteiger charge is -2.26. The van der Waals surface area contributed by atoms with Crippen molar-refractivity contribution in [1.82, 2.24) is 19.8 Å². The number of carbonyl (C=O) groups is 2. The van der Waals surface area contributed by atoms with E-state index in [1.165, 1.54) is 19.3 Å². The summed E-state index contributed by atoms with van der Waals surface area (Å²) in [7, 11) is 1.50. The van der Waals surface area contributed by atoms with Gasteiger partial charge in [-0.25, -0.2) is 4.52 Å². The van der Waals surface area contributed by atoms with Gasteiger partial charge in [0.05, 0.1) is 36.1 Å². The molecule has 9 nitrogen and oxygen atoms in total. The van der Waals surface area contributed by atoms with Crippen molar-refractivity contribution in [3.63, 3.8) is 0 Å². The summed E-state index contributed by atoms with van der Waals surface area (Å²) < 4.78 is 34.1. The molecule has 2 atom stereocenters. The number of furan rings is 1. The van der Waals surface area contributed by atoms with Crippen LogP contribution in [0.3, 0.4) is 0 Å². The van der Waals surface area contributed by atoms with E-state index in [1.54, 1.807) is 29.8 Å². The number of morpholine rings is 1. The molecule has 1 aromatic carbocycles. The topological polar surface area (TPSA) is 98.3 Å². The maximum Gasteiger partial charge on any atom is 0.256 e. The summed E-state index contributed by atoms with van der Waals surface area (Å²) in [6.07, 6.45) is 4.17. The average Bonchev–Trinajstić information content (AvgIpc) is 3.63. The molecule has 35 heavy (non-hydrogen) atoms. The van der Waals surface area contributed by atoms with E-state index in [4.69, 9.17) is 13.9 Å². The lowest BCUT2D eigenvalue weighted by molar-refractivity contribution is 0.0258. The number of aromatic nitrogens is 2. The van der Waals surface area contributed by atoms with Crippen molar-refractivity contribution in [2.24, 2.45) is 0 Å². The van der Waals surface area contributed by atoms with Crippen LogP contribution in [-0.2, 0) is 4.74 Å². The first-order valence-corrected chi connectivity index (χ1v) is 11.4. The molecule has 0 saturated carbocycles. The van der Waals surface area contributed by atoms with Gasteiger partial charge < -0.3 is 24.1 Å². The van der Waals surface area contributed by atoms with Gasteiger partial charge in [0.25, 0.3) is 11.8 Å². The Kier molecular flexibility index (Phi) is 4.82. The van der Waals surface area contributed by atoms with Crippen molar-refractivity contribution < 1.29 is 27.9 Å². The number of benzene rings is 1. The molecule has 0 aliphatic carbocycles. The number of fused-ring (bicyclic) bond motifs is 4. The maximum absolute atomic E-state index is 15.4. The molecule has 2 bridgehead atoms. The third-order valence-corrected chi connectivity index (χ3v) is 6.89. The molecule has 1 N–H and O–H groups in total. The van der Waals surface area contributed by atoms with Crippen LogP contribution in [0.1, 0.15) is 38.5 Å². The highest BCUT2D eigenvalue weighted by atomic mass is 19.1. The zero-order valence-electron chi connectivity index (χ0n) is 19.4. The molecule has 2 fully saturated rings. The zero-order chi connectivity index (χ0) is 24.4. The minimum absolute atomic E-state index is 0.0575. The molecule has 0 radical (unpaired) electrons. The molecular weight excluding hydrogens is 455 g/mol. The maximum atomic E-state index is 15.4. The van der Waals surface area contributed by atoms with Crippen LogP contribution in [0, 0.1) is 19.7 Å². The van der Waals surface area contributed by atoms with Crippen molar-refractivity contribution in [2.75, 3.05) is 20.2 Å². The number of ether oxygens (including phenoxy) is 2. The molecule has 0 spiro atoms. The predicted octanol–water partition coefficient (Wildman–Crippen LogP) is 3.60. The fourth-order valence-corrected chi connectivity index (χ4v) is 5.16. The summed E-state index contributed by atoms with van der Waals surface area (Å²) in [6, 6.07) is 4.77. The van der Waals surface area contributed by atoms with Gasteiger partial charge in [-0.1, -0.05) is 0 Å². The van der Waals surface area contributed by atoms with E-state index in [0.29, 0.717) is 46.7 Å². The number of halogens is 1. The molecule has 10 heteroatoms. The minimum atomic E-state index is -0.718. The van der Waals surface area contributed by atoms with Crippen LogP contribution >= 0.6 is 0 Å². The molecule has 3 aromatic heterocycles. The van der Waals surface area contributed by atoms with Gasteiger partial charge in [0, 0.05) is 31.2 Å². The largest absolute Gasteiger partial charge is 0.457 e. The van der Waals surface area contributed by atoms with Crippen LogP contribution in [0.5, 0.6) is 11.5 Å². The van der Waals surface area contributed by atoms with Crippen molar-refractivity contribution in [3.8, 4) is 11.5 Å². The highest BCUT2D eigenvalue weighted by Gasteiger charge is 2.42. The number of hydrogen-bond donors (Lipinski definition) is 1. The Bertz CT molecular complexity index is 1520. The van der Waals surface area contributed by atoms with E-state index in [9.17, 15) is 9.59 Å². The van der Waals surface area contributed by atoms with Crippen molar-refractivity contribution >= 4 is 28.3 Å². The van der Waals surface area contributed by atoms with Gasteiger partial charge in [0.15, 0.2) is 17.1 Å². The highest BCUT2D eigenvalue weighted by Crippen LogP contribution is 2.37. The molecule has 4 aromatic rings. The second kappa shape index (κ2) is 7.81. The number of aryl methyl sites for hydroxylation is 2. The molecule has 2 amide bonds. The Morgan fingerprint density at radius 3 is 2.77 bits per heavy atom. The first kappa shape index (κ1) is 21.6. The Morgan fingerprint density at radius 2 is 2.06 bits per heavy atom. The first-order valence-electron chi connectivity index (χ1n) is 11.4. The molecule has 6 rings (SSSR count). The smallest absolute Gasteiger partial charge is 0.256 e. The highest BCUT2D eigenvalue weighted by molar-refractivity contribution is 6.07. The van der Waals surface area contributed by atoms with Crippen LogP contribution in [0.2, 0.25) is 0 Å². The van der Waals surface area contributed by atoms with Crippen molar-refractivity contribution in [1.29, 1.82) is 0 Å². The van der Waals surface area contributed by atoms with Crippen LogP contribution in [-0.4, -0.2) is 58.7 Å². The molecule has 5 heterocycles. The number of carbonyl (C=O) groups excluding carboxylic acids is 2. The second-order valence-electron chi connectivity index (χ2n) is 8.93. The van der Waals surface area contributed by atoms with Crippen molar-refractivity contribution in [3.05, 3.63) is 58.9 Å². The van der Waals surface area contributed by atoms with E-state index >= 15 is 4.39 Å². The van der Waals surface area contributed by atoms with Gasteiger partial charge in [0.1, 0.15) is 11.3 Å². The van der Waals surface area contributed by atoms with Gasteiger partial charge in [-0.15, -0.1) is 0 Å². The minimum Gasteiger partial charge on any atom is -0.457 e. The summed E-state index contributed by atoms with van der Waals surface area (Å²) in [4.78, 5) is 27.4. The monoisotopic (exact) mass is 478 g/mol. The molecule has 2 aliphatic heterocycles. The number of amides is 2. The predicted molar refractivity (Wildman–Crippen MR) is 123 cm³/mol. The summed E-state index contributed by atoms with van der Waals surface area (Å²) in [5.74, 6) is -0.558. The zero-order valence-corrected chi connectivity index (χ0v) is 19.4. The summed E-state index contributed by atoms with van der Waals surface area (Å²) in [6.45, 7) is 4.58. The molecular formula is C25H23FN4O5. The van der Waals surface area contributed by atoms with Crippen LogP contribution in [0.15, 0.2) is 35.0 Å². The Morgan fingerprint density at radius 1 is 1.23 bits per heavy atom. The SMILES string of the molecule is CNC(=O)c1c(C)oc2c(F)c(Oc3ccnn4cc(C(=O)N5C[C@H]6C[C@@H]5CO6)c(C)c34)ccc12. The van der Waals surface area contributed by atoms with E-state index in [1.807, 2.05) is 11.8 Å². The fourth-order valence-electron chi connectivity index (χ4n) is 5.16.